The minimum Gasteiger partial charge on any atom is -0.493 e. The molecule has 1 aromatic rings. The molecule has 1 aromatic carbocycles. The largest absolute Gasteiger partial charge is 0.493 e. The van der Waals surface area contributed by atoms with Crippen molar-refractivity contribution in [2.24, 2.45) is 0 Å². The second kappa shape index (κ2) is 6.17. The first-order valence-electron chi connectivity index (χ1n) is 6.29. The first kappa shape index (κ1) is 15.4. The summed E-state index contributed by atoms with van der Waals surface area (Å²) in [7, 11) is 1.54. The molecule has 1 fully saturated rings. The summed E-state index contributed by atoms with van der Waals surface area (Å²) >= 11 is 3.42. The van der Waals surface area contributed by atoms with Crippen molar-refractivity contribution in [2.75, 3.05) is 7.11 Å². The van der Waals surface area contributed by atoms with E-state index in [0.29, 0.717) is 21.5 Å². The Balaban J connectivity index is 2.38. The molecule has 0 aromatic heterocycles. The molecule has 1 aliphatic heterocycles. The van der Waals surface area contributed by atoms with Gasteiger partial charge in [-0.25, -0.2) is 4.79 Å². The summed E-state index contributed by atoms with van der Waals surface area (Å²) in [5, 5.41) is 4.57. The Morgan fingerprint density at radius 1 is 1.24 bits per heavy atom. The van der Waals surface area contributed by atoms with Crippen molar-refractivity contribution in [3.63, 3.8) is 0 Å². The highest BCUT2D eigenvalue weighted by molar-refractivity contribution is 9.10. The predicted molar refractivity (Wildman–Crippen MR) is 81.1 cm³/mol. The van der Waals surface area contributed by atoms with Gasteiger partial charge in [0, 0.05) is 0 Å². The maximum Gasteiger partial charge on any atom is 0.326 e. The molecule has 3 amide bonds. The van der Waals surface area contributed by atoms with Crippen molar-refractivity contribution in [1.82, 2.24) is 10.6 Å². The van der Waals surface area contributed by atoms with E-state index in [1.165, 1.54) is 7.11 Å². The third-order valence-electron chi connectivity index (χ3n) is 2.64. The van der Waals surface area contributed by atoms with Crippen molar-refractivity contribution >= 4 is 33.9 Å². The van der Waals surface area contributed by atoms with Crippen LogP contribution in [0.4, 0.5) is 4.79 Å². The van der Waals surface area contributed by atoms with Crippen LogP contribution in [0.3, 0.4) is 0 Å². The summed E-state index contributed by atoms with van der Waals surface area (Å²) in [6, 6.07) is 2.98. The second-order valence-electron chi connectivity index (χ2n) is 4.67. The van der Waals surface area contributed by atoms with Gasteiger partial charge in [-0.15, -0.1) is 0 Å². The summed E-state index contributed by atoms with van der Waals surface area (Å²) in [6.07, 6.45) is 1.56. The number of nitrogens with one attached hydrogen (secondary N) is 2. The third kappa shape index (κ3) is 3.55. The minimum absolute atomic E-state index is 0.000646. The molecule has 2 rings (SSSR count). The maximum absolute atomic E-state index is 11.5. The van der Waals surface area contributed by atoms with E-state index in [-0.39, 0.29) is 11.8 Å². The first-order valence-corrected chi connectivity index (χ1v) is 7.08. The molecular weight excluding hydrogens is 340 g/mol. The van der Waals surface area contributed by atoms with E-state index in [0.717, 1.165) is 0 Å². The number of carbonyl (C=O) groups is 2. The van der Waals surface area contributed by atoms with Gasteiger partial charge < -0.3 is 14.8 Å². The highest BCUT2D eigenvalue weighted by Gasteiger charge is 2.23. The average molecular weight is 355 g/mol. The molecule has 1 aliphatic rings. The van der Waals surface area contributed by atoms with Gasteiger partial charge in [-0.05, 0) is 53.5 Å². The van der Waals surface area contributed by atoms with Crippen LogP contribution in [0.5, 0.6) is 11.5 Å². The minimum atomic E-state index is -0.531. The van der Waals surface area contributed by atoms with Gasteiger partial charge in [0.1, 0.15) is 5.70 Å². The van der Waals surface area contributed by atoms with Gasteiger partial charge in [-0.1, -0.05) is 0 Å². The normalized spacial score (nSPS) is 16.1. The van der Waals surface area contributed by atoms with E-state index < -0.39 is 11.9 Å². The maximum atomic E-state index is 11.5. The lowest BCUT2D eigenvalue weighted by atomic mass is 10.1. The van der Waals surface area contributed by atoms with E-state index in [1.54, 1.807) is 18.2 Å². The van der Waals surface area contributed by atoms with E-state index in [4.69, 9.17) is 9.47 Å². The molecular formula is C14H15BrN2O4. The van der Waals surface area contributed by atoms with Gasteiger partial charge in [-0.3, -0.25) is 10.1 Å². The molecule has 6 nitrogen and oxygen atoms in total. The Kier molecular flexibility index (Phi) is 4.52. The molecule has 1 heterocycles. The number of ether oxygens (including phenoxy) is 2. The molecule has 7 heteroatoms. The quantitative estimate of drug-likeness (QED) is 0.643. The van der Waals surface area contributed by atoms with Crippen molar-refractivity contribution in [1.29, 1.82) is 0 Å². The standard InChI is InChI=1S/C14H15BrN2O4/c1-7(2)21-12-9(15)4-8(6-11(12)20-3)5-10-13(18)17-14(19)16-10/h4-7H,1-3H3,(H2,16,17,18,19)/b10-5+. The van der Waals surface area contributed by atoms with Gasteiger partial charge in [-0.2, -0.15) is 0 Å². The van der Waals surface area contributed by atoms with E-state index in [2.05, 4.69) is 26.6 Å². The van der Waals surface area contributed by atoms with Gasteiger partial charge in [0.2, 0.25) is 0 Å². The molecule has 0 radical (unpaired) electrons. The summed E-state index contributed by atoms with van der Waals surface area (Å²) in [4.78, 5) is 22.6. The topological polar surface area (TPSA) is 76.7 Å². The number of urea groups is 1. The Labute approximate surface area is 130 Å². The monoisotopic (exact) mass is 354 g/mol. The number of hydrogen-bond donors (Lipinski definition) is 2. The fraction of sp³-hybridized carbons (Fsp3) is 0.286. The lowest BCUT2D eigenvalue weighted by Crippen LogP contribution is -2.22. The Hall–Kier alpha value is -2.02. The van der Waals surface area contributed by atoms with Crippen LogP contribution in [0.1, 0.15) is 19.4 Å². The zero-order valence-corrected chi connectivity index (χ0v) is 13.4. The van der Waals surface area contributed by atoms with Crippen LogP contribution in [0.2, 0.25) is 0 Å². The lowest BCUT2D eigenvalue weighted by Gasteiger charge is -2.16. The van der Waals surface area contributed by atoms with Crippen LogP contribution < -0.4 is 20.1 Å². The summed E-state index contributed by atoms with van der Waals surface area (Å²) in [5.74, 6) is 0.668. The predicted octanol–water partition coefficient (Wildman–Crippen LogP) is 2.43. The molecule has 0 bridgehead atoms. The number of imide groups is 1. The van der Waals surface area contributed by atoms with Gasteiger partial charge >= 0.3 is 6.03 Å². The van der Waals surface area contributed by atoms with E-state index in [9.17, 15) is 9.59 Å². The fourth-order valence-corrected chi connectivity index (χ4v) is 2.38. The molecule has 0 aliphatic carbocycles. The molecule has 1 saturated heterocycles. The lowest BCUT2D eigenvalue weighted by molar-refractivity contribution is -0.115. The third-order valence-corrected chi connectivity index (χ3v) is 3.23. The number of carbonyl (C=O) groups excluding carboxylic acids is 2. The first-order chi connectivity index (χ1) is 9.90. The molecule has 0 saturated carbocycles. The second-order valence-corrected chi connectivity index (χ2v) is 5.52. The summed E-state index contributed by atoms with van der Waals surface area (Å²) < 4.78 is 11.7. The average Bonchev–Trinajstić information content (AvgIpc) is 2.70. The van der Waals surface area contributed by atoms with Crippen LogP contribution in [0, 0.1) is 0 Å². The van der Waals surface area contributed by atoms with Crippen LogP contribution >= 0.6 is 15.9 Å². The van der Waals surface area contributed by atoms with Gasteiger partial charge in [0.05, 0.1) is 17.7 Å². The molecule has 0 spiro atoms. The van der Waals surface area contributed by atoms with Crippen molar-refractivity contribution in [3.05, 3.63) is 27.9 Å². The number of methoxy groups -OCH3 is 1. The summed E-state index contributed by atoms with van der Waals surface area (Å²) in [6.45, 7) is 3.83. The number of hydrogen-bond acceptors (Lipinski definition) is 4. The fourth-order valence-electron chi connectivity index (χ4n) is 1.82. The number of halogens is 1. The van der Waals surface area contributed by atoms with Crippen LogP contribution in [0.25, 0.3) is 6.08 Å². The highest BCUT2D eigenvalue weighted by Crippen LogP contribution is 2.37. The van der Waals surface area contributed by atoms with Crippen LogP contribution in [-0.2, 0) is 4.79 Å². The smallest absolute Gasteiger partial charge is 0.326 e. The van der Waals surface area contributed by atoms with Gasteiger partial charge in [0.25, 0.3) is 5.91 Å². The zero-order valence-electron chi connectivity index (χ0n) is 11.8. The Morgan fingerprint density at radius 3 is 2.48 bits per heavy atom. The molecule has 21 heavy (non-hydrogen) atoms. The van der Waals surface area contributed by atoms with Crippen molar-refractivity contribution in [3.8, 4) is 11.5 Å². The van der Waals surface area contributed by atoms with E-state index >= 15 is 0 Å². The number of benzene rings is 1. The van der Waals surface area contributed by atoms with Crippen LogP contribution in [0.15, 0.2) is 22.3 Å². The Bertz CT molecular complexity index is 626. The molecule has 0 atom stereocenters. The molecule has 2 N–H and O–H groups in total. The van der Waals surface area contributed by atoms with Crippen molar-refractivity contribution < 1.29 is 19.1 Å². The van der Waals surface area contributed by atoms with Crippen molar-refractivity contribution in [2.45, 2.75) is 20.0 Å². The summed E-state index contributed by atoms with van der Waals surface area (Å²) in [5.41, 5.74) is 0.883. The highest BCUT2D eigenvalue weighted by atomic mass is 79.9. The SMILES string of the molecule is COc1cc(/C=C2/NC(=O)NC2=O)cc(Br)c1OC(C)C. The number of amides is 3. The molecule has 0 unspecified atom stereocenters. The van der Waals surface area contributed by atoms with Gasteiger partial charge in [0.15, 0.2) is 11.5 Å². The van der Waals surface area contributed by atoms with Crippen LogP contribution in [-0.4, -0.2) is 25.2 Å². The number of rotatable bonds is 4. The zero-order chi connectivity index (χ0) is 15.6. The van der Waals surface area contributed by atoms with E-state index in [1.807, 2.05) is 13.8 Å². The Morgan fingerprint density at radius 2 is 1.95 bits per heavy atom. The molecule has 112 valence electrons.